The maximum atomic E-state index is 17.4. The summed E-state index contributed by atoms with van der Waals surface area (Å²) in [4.78, 5) is 14.3. The molecule has 9 nitrogen and oxygen atoms in total. The van der Waals surface area contributed by atoms with Crippen molar-refractivity contribution in [3.63, 3.8) is 0 Å². The largest absolute Gasteiger partial charge is 0.508 e. The van der Waals surface area contributed by atoms with Gasteiger partial charge in [-0.2, -0.15) is 15.1 Å². The molecule has 2 aromatic carbocycles. The number of phenols is 1. The molecule has 6 heterocycles. The Bertz CT molecular complexity index is 2150. The topological polar surface area (TPSA) is 91.1 Å². The van der Waals surface area contributed by atoms with Crippen LogP contribution in [0.5, 0.6) is 11.8 Å². The normalized spacial score (nSPS) is 27.0. The third-order valence-corrected chi connectivity index (χ3v) is 11.9. The van der Waals surface area contributed by atoms with Crippen LogP contribution < -0.4 is 15.0 Å². The van der Waals surface area contributed by atoms with E-state index in [0.717, 1.165) is 58.4 Å². The van der Waals surface area contributed by atoms with Gasteiger partial charge in [-0.3, -0.25) is 0 Å². The molecule has 3 saturated heterocycles. The lowest BCUT2D eigenvalue weighted by Gasteiger charge is -2.34. The van der Waals surface area contributed by atoms with Crippen LogP contribution >= 0.6 is 0 Å². The fraction of sp³-hybridized carbons (Fsp3) is 0.486. The predicted molar refractivity (Wildman–Crippen MR) is 180 cm³/mol. The summed E-state index contributed by atoms with van der Waals surface area (Å²) in [6.07, 6.45) is 5.51. The van der Waals surface area contributed by atoms with Crippen LogP contribution in [0.2, 0.25) is 0 Å². The molecular weight excluding hydrogens is 631 g/mol. The molecule has 5 aromatic rings. The molecule has 2 N–H and O–H groups in total. The Morgan fingerprint density at radius 1 is 1.00 bits per heavy atom. The van der Waals surface area contributed by atoms with Crippen molar-refractivity contribution in [1.82, 2.24) is 29.8 Å². The molecule has 4 atom stereocenters. The third-order valence-electron chi connectivity index (χ3n) is 11.9. The van der Waals surface area contributed by atoms with Gasteiger partial charge in [-0.15, -0.1) is 0 Å². The number of ether oxygens (including phenoxy) is 1. The van der Waals surface area contributed by atoms with Gasteiger partial charge >= 0.3 is 6.01 Å². The number of anilines is 1. The Hall–Kier alpha value is -4.16. The summed E-state index contributed by atoms with van der Waals surface area (Å²) in [7, 11) is 0. The van der Waals surface area contributed by atoms with E-state index in [9.17, 15) is 9.50 Å². The van der Waals surface area contributed by atoms with Gasteiger partial charge in [0.25, 0.3) is 0 Å². The maximum absolute atomic E-state index is 17.4. The quantitative estimate of drug-likeness (QED) is 0.220. The van der Waals surface area contributed by atoms with E-state index in [1.165, 1.54) is 16.6 Å². The smallest absolute Gasteiger partial charge is 0.319 e. The first-order chi connectivity index (χ1) is 23.8. The number of rotatable bonds is 8. The van der Waals surface area contributed by atoms with E-state index >= 15 is 8.78 Å². The lowest BCUT2D eigenvalue weighted by molar-refractivity contribution is 0.155. The molecule has 254 valence electrons. The standard InChI is InChI=1S/C37H38F3N7O2/c1-2-23-27(38)6-3-19-11-22(48)12-24(29(19)23)34-32(40)33-30(28-7-10-41-47(28)34)35(46-13-20-4-5-21(14-46)42-20)44-36(43-33)49-18-37(8-9-37)17-45-15-25-26(16-45)31(25)39/h3,6-7,10-12,20-21,25-26,31,42,48H,2,4-5,8-9,13-18H2,1H3. The van der Waals surface area contributed by atoms with Gasteiger partial charge in [-0.25, -0.2) is 17.7 Å². The number of pyridine rings is 1. The fourth-order valence-corrected chi connectivity index (χ4v) is 9.11. The molecule has 0 amide bonds. The number of hydrogen-bond donors (Lipinski definition) is 2. The molecule has 0 spiro atoms. The van der Waals surface area contributed by atoms with Crippen LogP contribution in [0.15, 0.2) is 36.5 Å². The van der Waals surface area contributed by atoms with Crippen LogP contribution in [-0.2, 0) is 6.42 Å². The van der Waals surface area contributed by atoms with Crippen molar-refractivity contribution in [2.75, 3.05) is 44.2 Å². The van der Waals surface area contributed by atoms with Gasteiger partial charge in [0.05, 0.1) is 23.7 Å². The lowest BCUT2D eigenvalue weighted by Crippen LogP contribution is -2.51. The second-order valence-corrected chi connectivity index (χ2v) is 15.1. The summed E-state index contributed by atoms with van der Waals surface area (Å²) in [6, 6.07) is 8.58. The summed E-state index contributed by atoms with van der Waals surface area (Å²) < 4.78 is 54.4. The van der Waals surface area contributed by atoms with E-state index < -0.39 is 17.8 Å². The molecule has 2 aliphatic carbocycles. The number of aryl methyl sites for hydroxylation is 1. The molecule has 49 heavy (non-hydrogen) atoms. The highest BCUT2D eigenvalue weighted by Gasteiger charge is 2.58. The highest BCUT2D eigenvalue weighted by molar-refractivity contribution is 6.07. The van der Waals surface area contributed by atoms with Gasteiger partial charge < -0.3 is 25.0 Å². The number of phenolic OH excluding ortho intramolecular Hbond substituents is 1. The molecule has 5 aliphatic rings. The van der Waals surface area contributed by atoms with Crippen LogP contribution in [-0.4, -0.2) is 87.2 Å². The van der Waals surface area contributed by atoms with E-state index in [4.69, 9.17) is 14.7 Å². The number of aromatic hydroxyl groups is 1. The van der Waals surface area contributed by atoms with Gasteiger partial charge in [0, 0.05) is 67.6 Å². The first-order valence-electron chi connectivity index (χ1n) is 17.6. The average molecular weight is 670 g/mol. The summed E-state index contributed by atoms with van der Waals surface area (Å²) in [5.74, 6) is -0.125. The number of aromatic nitrogens is 4. The van der Waals surface area contributed by atoms with Crippen molar-refractivity contribution >= 4 is 33.0 Å². The molecule has 12 heteroatoms. The molecule has 5 fully saturated rings. The molecule has 0 radical (unpaired) electrons. The number of likely N-dealkylation sites (tertiary alicyclic amines) is 1. The number of alkyl halides is 1. The third kappa shape index (κ3) is 4.70. The Kier molecular flexibility index (Phi) is 6.47. The summed E-state index contributed by atoms with van der Waals surface area (Å²) in [5.41, 5.74) is 1.51. The van der Waals surface area contributed by atoms with E-state index in [0.29, 0.717) is 63.7 Å². The molecule has 2 saturated carbocycles. The zero-order valence-electron chi connectivity index (χ0n) is 27.3. The van der Waals surface area contributed by atoms with Crippen molar-refractivity contribution in [1.29, 1.82) is 0 Å². The Labute approximate surface area is 281 Å². The number of benzene rings is 2. The number of nitrogens with one attached hydrogen (secondary N) is 1. The summed E-state index contributed by atoms with van der Waals surface area (Å²) in [5, 5.41) is 20.7. The predicted octanol–water partition coefficient (Wildman–Crippen LogP) is 5.64. The monoisotopic (exact) mass is 669 g/mol. The number of fused-ring (bicyclic) bond motifs is 7. The van der Waals surface area contributed by atoms with E-state index in [-0.39, 0.29) is 40.2 Å². The fourth-order valence-electron chi connectivity index (χ4n) is 9.11. The second-order valence-electron chi connectivity index (χ2n) is 15.1. The van der Waals surface area contributed by atoms with Gasteiger partial charge in [-0.05, 0) is 72.7 Å². The zero-order chi connectivity index (χ0) is 33.2. The van der Waals surface area contributed by atoms with Gasteiger partial charge in [-0.1, -0.05) is 13.0 Å². The van der Waals surface area contributed by atoms with Crippen LogP contribution in [0.4, 0.5) is 19.0 Å². The Morgan fingerprint density at radius 3 is 2.51 bits per heavy atom. The van der Waals surface area contributed by atoms with Gasteiger partial charge in [0.1, 0.15) is 34.8 Å². The zero-order valence-corrected chi connectivity index (χ0v) is 27.3. The summed E-state index contributed by atoms with van der Waals surface area (Å²) >= 11 is 0. The number of hydrogen-bond acceptors (Lipinski definition) is 8. The first kappa shape index (κ1) is 29.7. The molecule has 4 unspecified atom stereocenters. The highest BCUT2D eigenvalue weighted by Crippen LogP contribution is 2.52. The minimum absolute atomic E-state index is 0.0462. The van der Waals surface area contributed by atoms with E-state index in [1.54, 1.807) is 18.3 Å². The van der Waals surface area contributed by atoms with Crippen LogP contribution in [0, 0.1) is 28.9 Å². The number of halogens is 3. The van der Waals surface area contributed by atoms with Crippen molar-refractivity contribution in [2.45, 2.75) is 57.3 Å². The molecule has 3 aromatic heterocycles. The van der Waals surface area contributed by atoms with Crippen LogP contribution in [0.1, 0.15) is 38.2 Å². The molecule has 3 aliphatic heterocycles. The minimum atomic E-state index is -0.644. The molecular formula is C37H38F3N7O2. The van der Waals surface area contributed by atoms with Crippen LogP contribution in [0.25, 0.3) is 38.4 Å². The maximum Gasteiger partial charge on any atom is 0.319 e. The van der Waals surface area contributed by atoms with Crippen molar-refractivity contribution in [3.8, 4) is 23.0 Å². The van der Waals surface area contributed by atoms with Crippen molar-refractivity contribution < 1.29 is 23.0 Å². The number of piperazine rings is 1. The SMILES string of the molecule is CCc1c(F)ccc2cc(O)cc(-c3c(F)c4nc(OCC5(CN6CC7C(F)C7C6)CC5)nc(N5CC6CCC(C5)N6)c4c4ccnn34)c12. The number of piperidine rings is 1. The average Bonchev–Trinajstić information content (AvgIpc) is 3.69. The number of nitrogens with zero attached hydrogens (tertiary/aromatic N) is 6. The lowest BCUT2D eigenvalue weighted by atomic mass is 9.94. The van der Waals surface area contributed by atoms with Crippen molar-refractivity contribution in [2.24, 2.45) is 17.3 Å². The van der Waals surface area contributed by atoms with Gasteiger partial charge in [0.2, 0.25) is 0 Å². The summed E-state index contributed by atoms with van der Waals surface area (Å²) in [6.45, 7) is 6.16. The van der Waals surface area contributed by atoms with Crippen molar-refractivity contribution in [3.05, 3.63) is 53.7 Å². The highest BCUT2D eigenvalue weighted by atomic mass is 19.1. The van der Waals surface area contributed by atoms with Crippen LogP contribution in [0.3, 0.4) is 0 Å². The first-order valence-corrected chi connectivity index (χ1v) is 17.6. The Balaban J connectivity index is 1.12. The second kappa shape index (κ2) is 10.7. The minimum Gasteiger partial charge on any atom is -0.508 e. The van der Waals surface area contributed by atoms with E-state index in [1.807, 2.05) is 13.0 Å². The van der Waals surface area contributed by atoms with E-state index in [2.05, 4.69) is 20.2 Å². The Morgan fingerprint density at radius 2 is 1.78 bits per heavy atom. The molecule has 2 bridgehead atoms. The molecule has 10 rings (SSSR count). The van der Waals surface area contributed by atoms with Gasteiger partial charge in [0.15, 0.2) is 5.82 Å².